The molecule has 0 aliphatic carbocycles. The van der Waals surface area contributed by atoms with Gasteiger partial charge in [0.1, 0.15) is 5.82 Å². The second-order valence-electron chi connectivity index (χ2n) is 7.58. The number of carbonyl (C=O) groups excluding carboxylic acids is 2. The van der Waals surface area contributed by atoms with Gasteiger partial charge in [0.15, 0.2) is 0 Å². The topological polar surface area (TPSA) is 84.1 Å². The number of benzene rings is 2. The number of hydrogen-bond donors (Lipinski definition) is 2. The highest BCUT2D eigenvalue weighted by molar-refractivity contribution is 5.93. The van der Waals surface area contributed by atoms with Crippen LogP contribution in [0.15, 0.2) is 66.9 Å². The third-order valence-electron chi connectivity index (χ3n) is 5.30. The predicted molar refractivity (Wildman–Crippen MR) is 125 cm³/mol. The lowest BCUT2D eigenvalue weighted by Crippen LogP contribution is -2.12. The quantitative estimate of drug-likeness (QED) is 0.351. The molecule has 0 saturated carbocycles. The molecule has 7 heteroatoms. The summed E-state index contributed by atoms with van der Waals surface area (Å²) in [7, 11) is 0. The molecule has 1 amide bonds. The minimum Gasteiger partial charge on any atom is -0.462 e. The summed E-state index contributed by atoms with van der Waals surface area (Å²) in [6, 6.07) is 16.9. The van der Waals surface area contributed by atoms with E-state index in [2.05, 4.69) is 15.3 Å². The van der Waals surface area contributed by atoms with Gasteiger partial charge < -0.3 is 15.0 Å². The van der Waals surface area contributed by atoms with E-state index in [0.29, 0.717) is 37.1 Å². The van der Waals surface area contributed by atoms with Crippen LogP contribution in [0.1, 0.15) is 35.7 Å². The Morgan fingerprint density at radius 2 is 1.91 bits per heavy atom. The van der Waals surface area contributed by atoms with Crippen LogP contribution >= 0.6 is 0 Å². The summed E-state index contributed by atoms with van der Waals surface area (Å²) in [6.45, 7) is 2.06. The van der Waals surface area contributed by atoms with Gasteiger partial charge in [-0.1, -0.05) is 6.07 Å². The van der Waals surface area contributed by atoms with Crippen LogP contribution in [0.2, 0.25) is 0 Å². The number of rotatable bonds is 8. The van der Waals surface area contributed by atoms with Gasteiger partial charge in [-0.2, -0.15) is 0 Å². The molecule has 0 unspecified atom stereocenters. The molecule has 6 nitrogen and oxygen atoms in total. The van der Waals surface area contributed by atoms with Crippen molar-refractivity contribution in [2.24, 2.45) is 0 Å². The molecular weight excluding hydrogens is 421 g/mol. The van der Waals surface area contributed by atoms with Crippen molar-refractivity contribution in [3.63, 3.8) is 0 Å². The number of carbonyl (C=O) groups is 2. The van der Waals surface area contributed by atoms with Gasteiger partial charge in [-0.25, -0.2) is 9.18 Å². The second kappa shape index (κ2) is 10.1. The lowest BCUT2D eigenvalue weighted by molar-refractivity contribution is -0.116. The normalized spacial score (nSPS) is 10.8. The molecule has 0 spiro atoms. The van der Waals surface area contributed by atoms with Crippen molar-refractivity contribution in [3.8, 4) is 11.4 Å². The zero-order valence-electron chi connectivity index (χ0n) is 18.2. The lowest BCUT2D eigenvalue weighted by atomic mass is 10.0. The van der Waals surface area contributed by atoms with Gasteiger partial charge in [-0.05, 0) is 79.9 Å². The molecular formula is C26H24FN3O3. The van der Waals surface area contributed by atoms with Gasteiger partial charge in [0.05, 0.1) is 23.6 Å². The number of nitrogens with zero attached hydrogens (tertiary/aromatic N) is 1. The number of amides is 1. The van der Waals surface area contributed by atoms with Crippen molar-refractivity contribution in [1.29, 1.82) is 0 Å². The van der Waals surface area contributed by atoms with Crippen LogP contribution in [0.4, 0.5) is 10.1 Å². The van der Waals surface area contributed by atoms with E-state index in [1.165, 1.54) is 12.1 Å². The smallest absolute Gasteiger partial charge is 0.338 e. The van der Waals surface area contributed by atoms with E-state index in [9.17, 15) is 14.0 Å². The van der Waals surface area contributed by atoms with Gasteiger partial charge in [-0.15, -0.1) is 0 Å². The van der Waals surface area contributed by atoms with E-state index in [1.54, 1.807) is 43.5 Å². The number of nitrogens with one attached hydrogen (secondary N) is 2. The van der Waals surface area contributed by atoms with E-state index in [0.717, 1.165) is 27.9 Å². The number of aromatic amines is 1. The van der Waals surface area contributed by atoms with Crippen LogP contribution in [0.25, 0.3) is 22.3 Å². The van der Waals surface area contributed by atoms with Crippen LogP contribution in [0.3, 0.4) is 0 Å². The third kappa shape index (κ3) is 5.26. The summed E-state index contributed by atoms with van der Waals surface area (Å²) >= 11 is 0. The van der Waals surface area contributed by atoms with Crippen LogP contribution in [-0.2, 0) is 16.0 Å². The van der Waals surface area contributed by atoms with Gasteiger partial charge >= 0.3 is 5.97 Å². The average Bonchev–Trinajstić information content (AvgIpc) is 3.18. The molecule has 0 aliphatic heterocycles. The maximum absolute atomic E-state index is 13.9. The number of halogens is 1. The first-order valence-electron chi connectivity index (χ1n) is 10.8. The first kappa shape index (κ1) is 22.2. The summed E-state index contributed by atoms with van der Waals surface area (Å²) in [6.07, 6.45) is 3.18. The molecule has 2 N–H and O–H groups in total. The molecule has 0 radical (unpaired) electrons. The fourth-order valence-corrected chi connectivity index (χ4v) is 3.76. The minimum absolute atomic E-state index is 0.135. The van der Waals surface area contributed by atoms with Crippen molar-refractivity contribution in [1.82, 2.24) is 9.97 Å². The number of ether oxygens (including phenoxy) is 1. The maximum atomic E-state index is 13.9. The monoisotopic (exact) mass is 445 g/mol. The molecule has 2 aromatic heterocycles. The number of esters is 1. The second-order valence-corrected chi connectivity index (χ2v) is 7.58. The van der Waals surface area contributed by atoms with E-state index in [4.69, 9.17) is 4.74 Å². The van der Waals surface area contributed by atoms with Crippen LogP contribution in [-0.4, -0.2) is 28.5 Å². The van der Waals surface area contributed by atoms with Crippen LogP contribution < -0.4 is 5.32 Å². The molecule has 0 saturated heterocycles. The first-order valence-corrected chi connectivity index (χ1v) is 10.8. The summed E-state index contributed by atoms with van der Waals surface area (Å²) in [5.74, 6) is -0.835. The third-order valence-corrected chi connectivity index (χ3v) is 5.30. The Kier molecular flexibility index (Phi) is 6.78. The molecule has 2 heterocycles. The van der Waals surface area contributed by atoms with Crippen molar-refractivity contribution in [2.75, 3.05) is 11.9 Å². The minimum atomic E-state index is -0.394. The predicted octanol–water partition coefficient (Wildman–Crippen LogP) is 5.51. The highest BCUT2D eigenvalue weighted by Gasteiger charge is 2.15. The average molecular weight is 445 g/mol. The fourth-order valence-electron chi connectivity index (χ4n) is 3.76. The number of pyridine rings is 1. The molecule has 0 atom stereocenters. The van der Waals surface area contributed by atoms with Gasteiger partial charge in [0, 0.05) is 29.2 Å². The Balaban J connectivity index is 1.43. The van der Waals surface area contributed by atoms with Gasteiger partial charge in [-0.3, -0.25) is 9.78 Å². The number of anilines is 1. The summed E-state index contributed by atoms with van der Waals surface area (Å²) in [5, 5.41) is 3.64. The number of aromatic nitrogens is 2. The SMILES string of the molecule is CCOC(=O)c1ccc(NC(=O)CCCc2c(-c3ccccn3)[nH]c3ccc(F)cc23)cc1. The summed E-state index contributed by atoms with van der Waals surface area (Å²) in [5.41, 5.74) is 4.43. The molecule has 33 heavy (non-hydrogen) atoms. The zero-order chi connectivity index (χ0) is 23.2. The molecule has 0 bridgehead atoms. The Morgan fingerprint density at radius 1 is 1.09 bits per heavy atom. The number of fused-ring (bicyclic) bond motifs is 1. The van der Waals surface area contributed by atoms with Gasteiger partial charge in [0.2, 0.25) is 5.91 Å². The Labute approximate surface area is 190 Å². The Morgan fingerprint density at radius 3 is 2.64 bits per heavy atom. The van der Waals surface area contributed by atoms with E-state index >= 15 is 0 Å². The molecule has 0 aliphatic rings. The lowest BCUT2D eigenvalue weighted by Gasteiger charge is -2.08. The molecule has 168 valence electrons. The van der Waals surface area contributed by atoms with Crippen LogP contribution in [0, 0.1) is 5.82 Å². The number of hydrogen-bond acceptors (Lipinski definition) is 4. The molecule has 4 rings (SSSR count). The highest BCUT2D eigenvalue weighted by Crippen LogP contribution is 2.31. The van der Waals surface area contributed by atoms with E-state index < -0.39 is 5.97 Å². The number of aryl methyl sites for hydroxylation is 1. The highest BCUT2D eigenvalue weighted by atomic mass is 19.1. The number of H-pyrrole nitrogens is 1. The summed E-state index contributed by atoms with van der Waals surface area (Å²) in [4.78, 5) is 31.9. The van der Waals surface area contributed by atoms with Crippen molar-refractivity contribution in [3.05, 3.63) is 83.8 Å². The largest absolute Gasteiger partial charge is 0.462 e. The van der Waals surface area contributed by atoms with E-state index in [1.807, 2.05) is 18.2 Å². The standard InChI is InChI=1S/C26H24FN3O3/c1-2-33-26(32)17-9-12-19(13-10-17)29-24(31)8-5-6-20-21-16-18(27)11-14-22(21)30-25(20)23-7-3-4-15-28-23/h3-4,7,9-16,30H,2,5-6,8H2,1H3,(H,29,31). The van der Waals surface area contributed by atoms with Crippen molar-refractivity contribution >= 4 is 28.5 Å². The van der Waals surface area contributed by atoms with Crippen molar-refractivity contribution in [2.45, 2.75) is 26.2 Å². The van der Waals surface area contributed by atoms with Gasteiger partial charge in [0.25, 0.3) is 0 Å². The molecule has 0 fully saturated rings. The Bertz CT molecular complexity index is 1270. The zero-order valence-corrected chi connectivity index (χ0v) is 18.2. The van der Waals surface area contributed by atoms with Crippen LogP contribution in [0.5, 0.6) is 0 Å². The van der Waals surface area contributed by atoms with Crippen molar-refractivity contribution < 1.29 is 18.7 Å². The Hall–Kier alpha value is -4.00. The molecule has 4 aromatic rings. The molecule has 2 aromatic carbocycles. The first-order chi connectivity index (χ1) is 16.0. The fraction of sp³-hybridized carbons (Fsp3) is 0.192. The van der Waals surface area contributed by atoms with E-state index in [-0.39, 0.29) is 11.7 Å². The summed E-state index contributed by atoms with van der Waals surface area (Å²) < 4.78 is 18.9. The maximum Gasteiger partial charge on any atom is 0.338 e.